The summed E-state index contributed by atoms with van der Waals surface area (Å²) in [6.07, 6.45) is 8.81. The highest BCUT2D eigenvalue weighted by Crippen LogP contribution is 2.27. The molecule has 1 aliphatic rings. The van der Waals surface area contributed by atoms with Crippen LogP contribution in [0, 0.1) is 5.92 Å². The molecule has 1 aromatic rings. The highest BCUT2D eigenvalue weighted by molar-refractivity contribution is 5.09. The second-order valence-corrected chi connectivity index (χ2v) is 5.05. The van der Waals surface area contributed by atoms with Gasteiger partial charge in [-0.2, -0.15) is 0 Å². The fourth-order valence-electron chi connectivity index (χ4n) is 2.39. The van der Waals surface area contributed by atoms with Crippen LogP contribution in [-0.4, -0.2) is 22.6 Å². The van der Waals surface area contributed by atoms with Gasteiger partial charge in [0.2, 0.25) is 5.88 Å². The van der Waals surface area contributed by atoms with Gasteiger partial charge in [-0.1, -0.05) is 20.3 Å². The van der Waals surface area contributed by atoms with Crippen LogP contribution in [0.25, 0.3) is 0 Å². The van der Waals surface area contributed by atoms with Gasteiger partial charge in [0.15, 0.2) is 0 Å². The van der Waals surface area contributed by atoms with Crippen molar-refractivity contribution < 1.29 is 4.74 Å². The average molecular weight is 249 g/mol. The average Bonchev–Trinajstić information content (AvgIpc) is 2.40. The predicted molar refractivity (Wildman–Crippen MR) is 71.5 cm³/mol. The van der Waals surface area contributed by atoms with E-state index in [4.69, 9.17) is 4.74 Å². The molecule has 1 N–H and O–H groups in total. The van der Waals surface area contributed by atoms with E-state index in [1.54, 1.807) is 12.4 Å². The molecule has 0 bridgehead atoms. The molecule has 0 aromatic carbocycles. The molecule has 2 atom stereocenters. The third-order valence-electron chi connectivity index (χ3n) is 3.52. The van der Waals surface area contributed by atoms with Crippen molar-refractivity contribution >= 4 is 0 Å². The summed E-state index contributed by atoms with van der Waals surface area (Å²) in [7, 11) is 0. The number of rotatable bonds is 5. The fraction of sp³-hybridized carbons (Fsp3) is 0.714. The molecule has 100 valence electrons. The standard InChI is InChI=1S/C14H23N3O/c1-3-15-8-12-9-16-10-14(17-12)18-13-7-5-4-6-11(13)2/h9-11,13,15H,3-8H2,1-2H3. The molecule has 4 heteroatoms. The summed E-state index contributed by atoms with van der Waals surface area (Å²) in [4.78, 5) is 8.69. The lowest BCUT2D eigenvalue weighted by molar-refractivity contribution is 0.0968. The van der Waals surface area contributed by atoms with Gasteiger partial charge in [0.25, 0.3) is 0 Å². The Kier molecular flexibility index (Phi) is 4.93. The molecule has 1 aliphatic carbocycles. The van der Waals surface area contributed by atoms with E-state index in [2.05, 4.69) is 29.1 Å². The second kappa shape index (κ2) is 6.69. The molecule has 1 heterocycles. The van der Waals surface area contributed by atoms with E-state index in [0.29, 0.717) is 17.9 Å². The highest BCUT2D eigenvalue weighted by atomic mass is 16.5. The molecule has 1 aromatic heterocycles. The Hall–Kier alpha value is -1.16. The highest BCUT2D eigenvalue weighted by Gasteiger charge is 2.23. The Bertz CT molecular complexity index is 370. The van der Waals surface area contributed by atoms with Crippen molar-refractivity contribution in [2.45, 2.75) is 52.2 Å². The van der Waals surface area contributed by atoms with Gasteiger partial charge in [-0.3, -0.25) is 4.98 Å². The maximum Gasteiger partial charge on any atom is 0.232 e. The first-order valence-corrected chi connectivity index (χ1v) is 6.98. The van der Waals surface area contributed by atoms with Crippen LogP contribution in [0.5, 0.6) is 5.88 Å². The van der Waals surface area contributed by atoms with E-state index in [1.165, 1.54) is 19.3 Å². The Morgan fingerprint density at radius 2 is 2.17 bits per heavy atom. The second-order valence-electron chi connectivity index (χ2n) is 5.05. The maximum absolute atomic E-state index is 5.99. The van der Waals surface area contributed by atoms with Crippen molar-refractivity contribution in [2.75, 3.05) is 6.54 Å². The minimum atomic E-state index is 0.308. The number of nitrogens with zero attached hydrogens (tertiary/aromatic N) is 2. The number of ether oxygens (including phenoxy) is 1. The summed E-state index contributed by atoms with van der Waals surface area (Å²) in [5, 5.41) is 3.25. The number of nitrogens with one attached hydrogen (secondary N) is 1. The van der Waals surface area contributed by atoms with Crippen LogP contribution in [0.3, 0.4) is 0 Å². The molecule has 1 saturated carbocycles. The SMILES string of the molecule is CCNCc1cncc(OC2CCCCC2C)n1. The lowest BCUT2D eigenvalue weighted by Crippen LogP contribution is -2.28. The first-order chi connectivity index (χ1) is 8.79. The molecule has 0 aliphatic heterocycles. The zero-order chi connectivity index (χ0) is 12.8. The molecule has 2 unspecified atom stereocenters. The van der Waals surface area contributed by atoms with Crippen LogP contribution in [-0.2, 0) is 6.54 Å². The van der Waals surface area contributed by atoms with Crippen molar-refractivity contribution in [1.82, 2.24) is 15.3 Å². The fourth-order valence-corrected chi connectivity index (χ4v) is 2.39. The quantitative estimate of drug-likeness (QED) is 0.871. The van der Waals surface area contributed by atoms with Crippen molar-refractivity contribution in [3.05, 3.63) is 18.1 Å². The van der Waals surface area contributed by atoms with Crippen LogP contribution in [0.4, 0.5) is 0 Å². The van der Waals surface area contributed by atoms with E-state index in [1.807, 2.05) is 0 Å². The Morgan fingerprint density at radius 1 is 1.33 bits per heavy atom. The van der Waals surface area contributed by atoms with Crippen molar-refractivity contribution in [3.63, 3.8) is 0 Å². The molecule has 18 heavy (non-hydrogen) atoms. The Morgan fingerprint density at radius 3 is 2.94 bits per heavy atom. The predicted octanol–water partition coefficient (Wildman–Crippen LogP) is 2.54. The largest absolute Gasteiger partial charge is 0.473 e. The molecule has 0 saturated heterocycles. The lowest BCUT2D eigenvalue weighted by atomic mass is 9.88. The van der Waals surface area contributed by atoms with Crippen LogP contribution in [0.1, 0.15) is 45.2 Å². The number of hydrogen-bond acceptors (Lipinski definition) is 4. The van der Waals surface area contributed by atoms with Gasteiger partial charge in [-0.05, 0) is 31.7 Å². The van der Waals surface area contributed by atoms with Gasteiger partial charge in [0, 0.05) is 12.7 Å². The van der Waals surface area contributed by atoms with Gasteiger partial charge in [-0.15, -0.1) is 0 Å². The van der Waals surface area contributed by atoms with E-state index in [0.717, 1.165) is 25.2 Å². The number of hydrogen-bond donors (Lipinski definition) is 1. The van der Waals surface area contributed by atoms with Crippen molar-refractivity contribution in [2.24, 2.45) is 5.92 Å². The van der Waals surface area contributed by atoms with Gasteiger partial charge in [0.05, 0.1) is 11.9 Å². The molecule has 0 radical (unpaired) electrons. The normalized spacial score (nSPS) is 23.9. The number of aromatic nitrogens is 2. The molecule has 0 spiro atoms. The molecule has 2 rings (SSSR count). The van der Waals surface area contributed by atoms with Crippen LogP contribution in [0.2, 0.25) is 0 Å². The molecule has 1 fully saturated rings. The Labute approximate surface area is 109 Å². The van der Waals surface area contributed by atoms with E-state index in [-0.39, 0.29) is 0 Å². The van der Waals surface area contributed by atoms with Crippen LogP contribution >= 0.6 is 0 Å². The van der Waals surface area contributed by atoms with Crippen molar-refractivity contribution in [3.8, 4) is 5.88 Å². The molecular weight excluding hydrogens is 226 g/mol. The third-order valence-corrected chi connectivity index (χ3v) is 3.52. The van der Waals surface area contributed by atoms with Gasteiger partial charge in [0.1, 0.15) is 6.10 Å². The van der Waals surface area contributed by atoms with Gasteiger partial charge >= 0.3 is 0 Å². The van der Waals surface area contributed by atoms with E-state index in [9.17, 15) is 0 Å². The van der Waals surface area contributed by atoms with Gasteiger partial charge in [-0.25, -0.2) is 4.98 Å². The molecular formula is C14H23N3O. The lowest BCUT2D eigenvalue weighted by Gasteiger charge is -2.28. The summed E-state index contributed by atoms with van der Waals surface area (Å²) in [6.45, 7) is 6.03. The van der Waals surface area contributed by atoms with E-state index >= 15 is 0 Å². The third kappa shape index (κ3) is 3.67. The van der Waals surface area contributed by atoms with Crippen LogP contribution < -0.4 is 10.1 Å². The monoisotopic (exact) mass is 249 g/mol. The summed E-state index contributed by atoms with van der Waals surface area (Å²) in [6, 6.07) is 0. The van der Waals surface area contributed by atoms with Crippen LogP contribution in [0.15, 0.2) is 12.4 Å². The van der Waals surface area contributed by atoms with Gasteiger partial charge < -0.3 is 10.1 Å². The first-order valence-electron chi connectivity index (χ1n) is 6.98. The summed E-state index contributed by atoms with van der Waals surface area (Å²) < 4.78 is 5.99. The van der Waals surface area contributed by atoms with E-state index < -0.39 is 0 Å². The Balaban J connectivity index is 1.95. The zero-order valence-electron chi connectivity index (χ0n) is 11.4. The summed E-state index contributed by atoms with van der Waals surface area (Å²) in [5.41, 5.74) is 0.942. The first kappa shape index (κ1) is 13.3. The zero-order valence-corrected chi connectivity index (χ0v) is 11.4. The molecule has 0 amide bonds. The smallest absolute Gasteiger partial charge is 0.232 e. The maximum atomic E-state index is 5.99. The minimum absolute atomic E-state index is 0.308. The topological polar surface area (TPSA) is 47.0 Å². The van der Waals surface area contributed by atoms with Crippen molar-refractivity contribution in [1.29, 1.82) is 0 Å². The summed E-state index contributed by atoms with van der Waals surface area (Å²) in [5.74, 6) is 1.29. The summed E-state index contributed by atoms with van der Waals surface area (Å²) >= 11 is 0. The molecule has 4 nitrogen and oxygen atoms in total. The minimum Gasteiger partial charge on any atom is -0.473 e.